The summed E-state index contributed by atoms with van der Waals surface area (Å²) in [6, 6.07) is 9.71. The number of aliphatic hydroxyl groups is 1. The Morgan fingerprint density at radius 2 is 1.94 bits per heavy atom. The second-order valence-corrected chi connectivity index (χ2v) is 9.28. The molecule has 31 heavy (non-hydrogen) atoms. The number of benzene rings is 1. The molecule has 0 aliphatic heterocycles. The Morgan fingerprint density at radius 3 is 2.58 bits per heavy atom. The van der Waals surface area contributed by atoms with E-state index in [2.05, 4.69) is 46.2 Å². The van der Waals surface area contributed by atoms with Crippen molar-refractivity contribution < 1.29 is 13.5 Å². The normalized spacial score (nSPS) is 12.4. The molecule has 2 heterocycles. The predicted octanol–water partition coefficient (Wildman–Crippen LogP) is 3.04. The van der Waals surface area contributed by atoms with Crippen LogP contribution in [0.1, 0.15) is 18.9 Å². The van der Waals surface area contributed by atoms with Crippen LogP contribution in [0.5, 0.6) is 0 Å². The predicted molar refractivity (Wildman–Crippen MR) is 123 cm³/mol. The minimum Gasteiger partial charge on any atom is -0.394 e. The molecule has 0 unspecified atom stereocenters. The van der Waals surface area contributed by atoms with Crippen LogP contribution >= 0.6 is 15.9 Å². The first-order valence-electron chi connectivity index (χ1n) is 9.57. The lowest BCUT2D eigenvalue weighted by atomic mass is 10.2. The van der Waals surface area contributed by atoms with Crippen LogP contribution in [0.4, 0.5) is 17.5 Å². The lowest BCUT2D eigenvalue weighted by Crippen LogP contribution is -2.23. The Hall–Kier alpha value is -2.60. The van der Waals surface area contributed by atoms with Crippen LogP contribution in [-0.2, 0) is 16.6 Å². The fraction of sp³-hybridized carbons (Fsp3) is 0.250. The highest BCUT2D eigenvalue weighted by Gasteiger charge is 2.14. The van der Waals surface area contributed by atoms with Crippen LogP contribution in [0, 0.1) is 0 Å². The first-order chi connectivity index (χ1) is 14.9. The van der Waals surface area contributed by atoms with Crippen LogP contribution in [0.3, 0.4) is 0 Å². The lowest BCUT2D eigenvalue weighted by Gasteiger charge is -2.16. The number of hydrogen-bond acceptors (Lipinski definition) is 8. The summed E-state index contributed by atoms with van der Waals surface area (Å²) in [5, 5.41) is 15.6. The van der Waals surface area contributed by atoms with Crippen molar-refractivity contribution in [3.8, 4) is 0 Å². The van der Waals surface area contributed by atoms with Gasteiger partial charge in [0.1, 0.15) is 5.82 Å². The maximum absolute atomic E-state index is 12.5. The first-order valence-corrected chi connectivity index (χ1v) is 11.8. The fourth-order valence-electron chi connectivity index (χ4n) is 2.61. The van der Waals surface area contributed by atoms with Crippen molar-refractivity contribution in [1.29, 1.82) is 0 Å². The van der Waals surface area contributed by atoms with E-state index in [-0.39, 0.29) is 24.1 Å². The smallest absolute Gasteiger partial charge is 0.240 e. The average molecular weight is 507 g/mol. The molecule has 0 saturated carbocycles. The van der Waals surface area contributed by atoms with Crippen LogP contribution < -0.4 is 15.4 Å². The van der Waals surface area contributed by atoms with Crippen molar-refractivity contribution in [2.75, 3.05) is 17.2 Å². The Labute approximate surface area is 189 Å². The van der Waals surface area contributed by atoms with Crippen molar-refractivity contribution in [1.82, 2.24) is 19.7 Å². The summed E-state index contributed by atoms with van der Waals surface area (Å²) in [4.78, 5) is 12.7. The molecule has 0 amide bonds. The molecule has 0 spiro atoms. The van der Waals surface area contributed by atoms with Gasteiger partial charge in [-0.15, -0.1) is 0 Å². The number of nitrogens with one attached hydrogen (secondary N) is 3. The Bertz CT molecular complexity index is 1090. The van der Waals surface area contributed by atoms with Gasteiger partial charge < -0.3 is 15.7 Å². The van der Waals surface area contributed by atoms with Gasteiger partial charge in [-0.05, 0) is 58.2 Å². The van der Waals surface area contributed by atoms with E-state index in [4.69, 9.17) is 0 Å². The summed E-state index contributed by atoms with van der Waals surface area (Å²) in [7, 11) is -3.66. The van der Waals surface area contributed by atoms with Crippen molar-refractivity contribution >= 4 is 43.4 Å². The van der Waals surface area contributed by atoms with Gasteiger partial charge in [-0.2, -0.15) is 4.98 Å². The van der Waals surface area contributed by atoms with Gasteiger partial charge in [0, 0.05) is 30.8 Å². The highest BCUT2D eigenvalue weighted by molar-refractivity contribution is 9.10. The number of aliphatic hydroxyl groups excluding tert-OH is 1. The second kappa shape index (κ2) is 10.6. The summed E-state index contributed by atoms with van der Waals surface area (Å²) in [6.45, 7) is 2.11. The van der Waals surface area contributed by atoms with Gasteiger partial charge in [0.05, 0.1) is 22.0 Å². The SMILES string of the molecule is CC[C@H](CO)Nc1nc(Nc2ccc(S(=O)(=O)NCc3cccnc3)cc2)ncc1Br. The van der Waals surface area contributed by atoms with Crippen LogP contribution in [-0.4, -0.2) is 41.1 Å². The van der Waals surface area contributed by atoms with E-state index in [0.29, 0.717) is 21.9 Å². The zero-order valence-electron chi connectivity index (χ0n) is 16.8. The standard InChI is InChI=1S/C20H23BrN6O3S/c1-2-15(13-28)25-19-18(21)12-23-20(27-19)26-16-5-7-17(8-6-16)31(29,30)24-11-14-4-3-9-22-10-14/h3-10,12,15,24,28H,2,11,13H2,1H3,(H2,23,25,26,27)/t15-/m1/s1. The van der Waals surface area contributed by atoms with Gasteiger partial charge in [-0.3, -0.25) is 4.98 Å². The largest absolute Gasteiger partial charge is 0.394 e. The van der Waals surface area contributed by atoms with E-state index in [1.54, 1.807) is 42.9 Å². The molecule has 0 aliphatic carbocycles. The molecule has 2 aromatic heterocycles. The van der Waals surface area contributed by atoms with Crippen LogP contribution in [0.2, 0.25) is 0 Å². The lowest BCUT2D eigenvalue weighted by molar-refractivity contribution is 0.271. The Morgan fingerprint density at radius 1 is 1.16 bits per heavy atom. The average Bonchev–Trinajstić information content (AvgIpc) is 2.79. The summed E-state index contributed by atoms with van der Waals surface area (Å²) in [5.41, 5.74) is 1.40. The number of nitrogens with zero attached hydrogens (tertiary/aromatic N) is 3. The Kier molecular flexibility index (Phi) is 7.91. The number of sulfonamides is 1. The van der Waals surface area contributed by atoms with Gasteiger partial charge in [-0.25, -0.2) is 18.1 Å². The summed E-state index contributed by atoms with van der Waals surface area (Å²) in [5.74, 6) is 0.890. The van der Waals surface area contributed by atoms with Crippen LogP contribution in [0.25, 0.3) is 0 Å². The van der Waals surface area contributed by atoms with Crippen molar-refractivity contribution in [2.45, 2.75) is 30.8 Å². The fourth-order valence-corrected chi connectivity index (χ4v) is 3.93. The molecule has 164 valence electrons. The van der Waals surface area contributed by atoms with E-state index in [1.165, 1.54) is 12.1 Å². The Balaban J connectivity index is 1.67. The van der Waals surface area contributed by atoms with E-state index in [0.717, 1.165) is 12.0 Å². The quantitative estimate of drug-likeness (QED) is 0.330. The van der Waals surface area contributed by atoms with Gasteiger partial charge in [0.15, 0.2) is 0 Å². The number of pyridine rings is 1. The van der Waals surface area contributed by atoms with Crippen molar-refractivity contribution in [2.24, 2.45) is 0 Å². The van der Waals surface area contributed by atoms with E-state index in [9.17, 15) is 13.5 Å². The number of anilines is 3. The van der Waals surface area contributed by atoms with Gasteiger partial charge in [-0.1, -0.05) is 13.0 Å². The molecule has 1 atom stereocenters. The monoisotopic (exact) mass is 506 g/mol. The highest BCUT2D eigenvalue weighted by Crippen LogP contribution is 2.23. The number of aromatic nitrogens is 3. The second-order valence-electron chi connectivity index (χ2n) is 6.66. The molecular weight excluding hydrogens is 484 g/mol. The van der Waals surface area contributed by atoms with Gasteiger partial charge in [0.2, 0.25) is 16.0 Å². The third-order valence-corrected chi connectivity index (χ3v) is 6.41. The molecule has 9 nitrogen and oxygen atoms in total. The highest BCUT2D eigenvalue weighted by atomic mass is 79.9. The molecule has 11 heteroatoms. The zero-order chi connectivity index (χ0) is 22.3. The number of rotatable bonds is 10. The molecule has 4 N–H and O–H groups in total. The van der Waals surface area contributed by atoms with E-state index in [1.807, 2.05) is 6.92 Å². The first kappa shape index (κ1) is 23.1. The zero-order valence-corrected chi connectivity index (χ0v) is 19.2. The molecule has 1 aromatic carbocycles. The maximum Gasteiger partial charge on any atom is 0.240 e. The number of halogens is 1. The summed E-state index contributed by atoms with van der Waals surface area (Å²) in [6.07, 6.45) is 5.58. The minimum atomic E-state index is -3.66. The molecule has 0 saturated heterocycles. The third kappa shape index (κ3) is 6.44. The molecular formula is C20H23BrN6O3S. The third-order valence-electron chi connectivity index (χ3n) is 4.41. The molecule has 3 rings (SSSR count). The molecule has 0 bridgehead atoms. The molecule has 0 radical (unpaired) electrons. The molecule has 3 aromatic rings. The van der Waals surface area contributed by atoms with Gasteiger partial charge in [0.25, 0.3) is 0 Å². The molecule has 0 fully saturated rings. The van der Waals surface area contributed by atoms with Crippen molar-refractivity contribution in [3.63, 3.8) is 0 Å². The minimum absolute atomic E-state index is 0.0134. The summed E-state index contributed by atoms with van der Waals surface area (Å²) >= 11 is 3.39. The molecule has 0 aliphatic rings. The van der Waals surface area contributed by atoms with Gasteiger partial charge >= 0.3 is 0 Å². The van der Waals surface area contributed by atoms with E-state index >= 15 is 0 Å². The topological polar surface area (TPSA) is 129 Å². The number of hydrogen-bond donors (Lipinski definition) is 4. The van der Waals surface area contributed by atoms with Crippen LogP contribution in [0.15, 0.2) is 64.4 Å². The maximum atomic E-state index is 12.5. The summed E-state index contributed by atoms with van der Waals surface area (Å²) < 4.78 is 28.2. The van der Waals surface area contributed by atoms with Crippen molar-refractivity contribution in [3.05, 3.63) is 65.0 Å². The van der Waals surface area contributed by atoms with E-state index < -0.39 is 10.0 Å².